The maximum atomic E-state index is 11.0. The second-order valence-corrected chi connectivity index (χ2v) is 4.85. The van der Waals surface area contributed by atoms with Gasteiger partial charge < -0.3 is 0 Å². The molecular formula is C6H14ClNO2S. The normalized spacial score (nSPS) is 15.4. The first-order chi connectivity index (χ1) is 4.93. The van der Waals surface area contributed by atoms with Crippen molar-refractivity contribution < 1.29 is 8.42 Å². The third-order valence-electron chi connectivity index (χ3n) is 1.69. The van der Waals surface area contributed by atoms with Gasteiger partial charge in [-0.2, -0.15) is 0 Å². The second kappa shape index (κ2) is 4.28. The van der Waals surface area contributed by atoms with Gasteiger partial charge >= 0.3 is 0 Å². The van der Waals surface area contributed by atoms with E-state index in [4.69, 9.17) is 11.6 Å². The molecule has 0 spiro atoms. The molecule has 3 nitrogen and oxygen atoms in total. The molecule has 1 unspecified atom stereocenters. The zero-order valence-electron chi connectivity index (χ0n) is 7.04. The Morgan fingerprint density at radius 3 is 2.09 bits per heavy atom. The van der Waals surface area contributed by atoms with Gasteiger partial charge in [-0.25, -0.2) is 12.7 Å². The molecule has 0 aliphatic carbocycles. The van der Waals surface area contributed by atoms with E-state index in [0.29, 0.717) is 5.88 Å². The summed E-state index contributed by atoms with van der Waals surface area (Å²) in [7, 11) is -1.53. The van der Waals surface area contributed by atoms with E-state index < -0.39 is 10.0 Å². The minimum Gasteiger partial charge on any atom is -0.213 e. The molecular weight excluding hydrogens is 186 g/mol. The predicted octanol–water partition coefficient (Wildman–Crippen LogP) is 0.895. The highest BCUT2D eigenvalue weighted by Gasteiger charge is 2.19. The highest BCUT2D eigenvalue weighted by Crippen LogP contribution is 2.07. The minimum absolute atomic E-state index is 0.0772. The smallest absolute Gasteiger partial charge is 0.211 e. The molecule has 0 N–H and O–H groups in total. The number of halogens is 1. The molecule has 0 aromatic carbocycles. The number of rotatable bonds is 4. The second-order valence-electron chi connectivity index (χ2n) is 2.50. The first kappa shape index (κ1) is 11.2. The van der Waals surface area contributed by atoms with Crippen LogP contribution in [0.25, 0.3) is 0 Å². The molecule has 0 fully saturated rings. The van der Waals surface area contributed by atoms with Crippen LogP contribution in [0, 0.1) is 0 Å². The summed E-state index contributed by atoms with van der Waals surface area (Å²) in [4.78, 5) is 0. The fourth-order valence-electron chi connectivity index (χ4n) is 0.734. The lowest BCUT2D eigenvalue weighted by Crippen LogP contribution is -2.36. The topological polar surface area (TPSA) is 37.4 Å². The molecule has 0 aliphatic heterocycles. The summed E-state index contributed by atoms with van der Waals surface area (Å²) in [6.07, 6.45) is 1.93. The summed E-state index contributed by atoms with van der Waals surface area (Å²) in [5.74, 6) is 0.347. The standard InChI is InChI=1S/C6H14ClNO2S/c1-4-6(5-7)8(2)11(3,9)10/h6H,4-5H2,1-3H3. The number of hydrogen-bond donors (Lipinski definition) is 0. The van der Waals surface area contributed by atoms with Gasteiger partial charge in [-0.05, 0) is 6.42 Å². The van der Waals surface area contributed by atoms with Crippen LogP contribution in [0.3, 0.4) is 0 Å². The molecule has 0 aromatic rings. The quantitative estimate of drug-likeness (QED) is 0.631. The molecule has 5 heteroatoms. The number of nitrogens with zero attached hydrogens (tertiary/aromatic N) is 1. The Kier molecular flexibility index (Phi) is 4.36. The van der Waals surface area contributed by atoms with Crippen LogP contribution in [0.2, 0.25) is 0 Å². The first-order valence-electron chi connectivity index (χ1n) is 3.42. The van der Waals surface area contributed by atoms with Crippen molar-refractivity contribution in [3.8, 4) is 0 Å². The summed E-state index contributed by atoms with van der Waals surface area (Å²) in [6.45, 7) is 1.91. The lowest BCUT2D eigenvalue weighted by Gasteiger charge is -2.22. The average Bonchev–Trinajstić information content (AvgIpc) is 1.88. The molecule has 0 radical (unpaired) electrons. The van der Waals surface area contributed by atoms with Crippen molar-refractivity contribution in [2.45, 2.75) is 19.4 Å². The average molecular weight is 200 g/mol. The van der Waals surface area contributed by atoms with E-state index in [-0.39, 0.29) is 6.04 Å². The van der Waals surface area contributed by atoms with E-state index in [2.05, 4.69) is 0 Å². The number of alkyl halides is 1. The maximum absolute atomic E-state index is 11.0. The van der Waals surface area contributed by atoms with Gasteiger partial charge in [0, 0.05) is 19.0 Å². The van der Waals surface area contributed by atoms with Crippen molar-refractivity contribution in [2.75, 3.05) is 19.2 Å². The van der Waals surface area contributed by atoms with Gasteiger partial charge in [0.05, 0.1) is 6.26 Å². The van der Waals surface area contributed by atoms with E-state index >= 15 is 0 Å². The van der Waals surface area contributed by atoms with Gasteiger partial charge in [-0.1, -0.05) is 6.92 Å². The van der Waals surface area contributed by atoms with E-state index in [0.717, 1.165) is 6.42 Å². The van der Waals surface area contributed by atoms with Crippen LogP contribution in [0.5, 0.6) is 0 Å². The Balaban J connectivity index is 4.33. The zero-order chi connectivity index (χ0) is 9.07. The highest BCUT2D eigenvalue weighted by atomic mass is 35.5. The van der Waals surface area contributed by atoms with Crippen molar-refractivity contribution in [3.63, 3.8) is 0 Å². The van der Waals surface area contributed by atoms with Crippen LogP contribution in [0.15, 0.2) is 0 Å². The van der Waals surface area contributed by atoms with Gasteiger partial charge in [0.25, 0.3) is 0 Å². The Labute approximate surface area is 73.4 Å². The molecule has 0 saturated carbocycles. The molecule has 0 aliphatic rings. The van der Waals surface area contributed by atoms with E-state index in [1.807, 2.05) is 6.92 Å². The Bertz CT molecular complexity index is 199. The van der Waals surface area contributed by atoms with E-state index in [9.17, 15) is 8.42 Å². The molecule has 1 atom stereocenters. The van der Waals surface area contributed by atoms with Crippen LogP contribution in [0.4, 0.5) is 0 Å². The minimum atomic E-state index is -3.08. The maximum Gasteiger partial charge on any atom is 0.211 e. The summed E-state index contributed by atoms with van der Waals surface area (Å²) in [6, 6.07) is -0.0772. The molecule has 0 saturated heterocycles. The van der Waals surface area contributed by atoms with Crippen molar-refractivity contribution in [1.82, 2.24) is 4.31 Å². The summed E-state index contributed by atoms with van der Waals surface area (Å²) in [5, 5.41) is 0. The lowest BCUT2D eigenvalue weighted by atomic mass is 10.3. The number of hydrogen-bond acceptors (Lipinski definition) is 2. The van der Waals surface area contributed by atoms with Crippen molar-refractivity contribution in [3.05, 3.63) is 0 Å². The third kappa shape index (κ3) is 3.40. The predicted molar refractivity (Wildman–Crippen MR) is 47.4 cm³/mol. The van der Waals surface area contributed by atoms with Gasteiger partial charge in [-0.3, -0.25) is 0 Å². The van der Waals surface area contributed by atoms with Gasteiger partial charge in [0.1, 0.15) is 0 Å². The zero-order valence-corrected chi connectivity index (χ0v) is 8.61. The van der Waals surface area contributed by atoms with E-state index in [1.165, 1.54) is 10.6 Å². The first-order valence-corrected chi connectivity index (χ1v) is 5.80. The van der Waals surface area contributed by atoms with Crippen LogP contribution >= 0.6 is 11.6 Å². The molecule has 0 amide bonds. The molecule has 68 valence electrons. The summed E-state index contributed by atoms with van der Waals surface area (Å²) < 4.78 is 23.2. The van der Waals surface area contributed by atoms with Crippen molar-refractivity contribution in [2.24, 2.45) is 0 Å². The number of sulfonamides is 1. The SMILES string of the molecule is CCC(CCl)N(C)S(C)(=O)=O. The lowest BCUT2D eigenvalue weighted by molar-refractivity contribution is 0.387. The van der Waals surface area contributed by atoms with Crippen LogP contribution in [-0.2, 0) is 10.0 Å². The Morgan fingerprint density at radius 1 is 1.55 bits per heavy atom. The van der Waals surface area contributed by atoms with Crippen LogP contribution in [-0.4, -0.2) is 37.9 Å². The molecule has 0 heterocycles. The molecule has 0 rings (SSSR count). The van der Waals surface area contributed by atoms with Crippen molar-refractivity contribution in [1.29, 1.82) is 0 Å². The molecule has 0 aromatic heterocycles. The third-order valence-corrected chi connectivity index (χ3v) is 3.39. The van der Waals surface area contributed by atoms with Crippen molar-refractivity contribution >= 4 is 21.6 Å². The summed E-state index contributed by atoms with van der Waals surface area (Å²) >= 11 is 5.56. The van der Waals surface area contributed by atoms with Gasteiger partial charge in [-0.15, -0.1) is 11.6 Å². The van der Waals surface area contributed by atoms with Crippen LogP contribution < -0.4 is 0 Å². The Morgan fingerprint density at radius 2 is 2.00 bits per heavy atom. The summed E-state index contributed by atoms with van der Waals surface area (Å²) in [5.41, 5.74) is 0. The van der Waals surface area contributed by atoms with Gasteiger partial charge in [0.15, 0.2) is 0 Å². The fraction of sp³-hybridized carbons (Fsp3) is 1.00. The largest absolute Gasteiger partial charge is 0.213 e. The monoisotopic (exact) mass is 199 g/mol. The molecule has 11 heavy (non-hydrogen) atoms. The molecule has 0 bridgehead atoms. The van der Waals surface area contributed by atoms with Gasteiger partial charge in [0.2, 0.25) is 10.0 Å². The van der Waals surface area contributed by atoms with E-state index in [1.54, 1.807) is 7.05 Å². The highest BCUT2D eigenvalue weighted by molar-refractivity contribution is 7.88. The fourth-order valence-corrected chi connectivity index (χ4v) is 2.01. The Hall–Kier alpha value is 0.200. The van der Waals surface area contributed by atoms with Crippen LogP contribution in [0.1, 0.15) is 13.3 Å².